The molecule has 0 saturated heterocycles. The van der Waals surface area contributed by atoms with Crippen LogP contribution in [0.3, 0.4) is 0 Å². The molecule has 5 heteroatoms. The third-order valence-electron chi connectivity index (χ3n) is 1.17. The molecule has 0 radical (unpaired) electrons. The number of hydrogen-bond donors (Lipinski definition) is 0. The highest BCUT2D eigenvalue weighted by Gasteiger charge is 1.99. The second kappa shape index (κ2) is 3.59. The molecule has 0 fully saturated rings. The minimum atomic E-state index is 0.259. The molecule has 0 saturated carbocycles. The maximum Gasteiger partial charge on any atom is 0.242 e. The van der Waals surface area contributed by atoms with Gasteiger partial charge in [-0.25, -0.2) is 9.78 Å². The van der Waals surface area contributed by atoms with Gasteiger partial charge in [-0.2, -0.15) is 4.98 Å². The zero-order valence-electron chi connectivity index (χ0n) is 6.74. The van der Waals surface area contributed by atoms with Crippen molar-refractivity contribution in [3.8, 4) is 5.88 Å². The highest BCUT2D eigenvalue weighted by Crippen LogP contribution is 2.14. The van der Waals surface area contributed by atoms with Crippen LogP contribution < -0.4 is 4.74 Å². The van der Waals surface area contributed by atoms with Crippen molar-refractivity contribution in [1.29, 1.82) is 0 Å². The molecule has 0 aliphatic heterocycles. The number of methoxy groups -OCH3 is 1. The molecule has 0 aliphatic rings. The van der Waals surface area contributed by atoms with Gasteiger partial charge >= 0.3 is 0 Å². The first-order chi connectivity index (χ1) is 5.76. The number of aliphatic imine (C=N–C) groups is 1. The minimum Gasteiger partial charge on any atom is -0.481 e. The van der Waals surface area contributed by atoms with Crippen LogP contribution in [0.2, 0.25) is 0 Å². The lowest BCUT2D eigenvalue weighted by Gasteiger charge is -1.99. The van der Waals surface area contributed by atoms with Crippen molar-refractivity contribution < 1.29 is 9.53 Å². The predicted molar refractivity (Wildman–Crippen MR) is 41.1 cm³/mol. The Morgan fingerprint density at radius 2 is 2.33 bits per heavy atom. The molecule has 0 unspecified atom stereocenters. The lowest BCUT2D eigenvalue weighted by atomic mass is 10.5. The maximum atomic E-state index is 9.89. The molecule has 0 aliphatic carbocycles. The van der Waals surface area contributed by atoms with Crippen LogP contribution in [-0.4, -0.2) is 23.2 Å². The molecule has 1 heterocycles. The highest BCUT2D eigenvalue weighted by molar-refractivity contribution is 5.45. The van der Waals surface area contributed by atoms with Crippen LogP contribution in [-0.2, 0) is 4.79 Å². The second-order valence-electron chi connectivity index (χ2n) is 2.02. The molecule has 1 aromatic rings. The first kappa shape index (κ1) is 8.36. The number of rotatable bonds is 2. The third-order valence-corrected chi connectivity index (χ3v) is 1.17. The van der Waals surface area contributed by atoms with Crippen LogP contribution in [0.25, 0.3) is 0 Å². The van der Waals surface area contributed by atoms with Gasteiger partial charge in [-0.05, 0) is 6.92 Å². The molecule has 0 atom stereocenters. The van der Waals surface area contributed by atoms with Crippen molar-refractivity contribution in [2.24, 2.45) is 4.99 Å². The van der Waals surface area contributed by atoms with Gasteiger partial charge in [0.15, 0.2) is 5.82 Å². The standard InChI is InChI=1S/C7H7N3O2/c1-5-9-6(8-4-11)3-7(10-5)12-2/h3H,1-2H3. The summed E-state index contributed by atoms with van der Waals surface area (Å²) < 4.78 is 4.84. The van der Waals surface area contributed by atoms with Crippen LogP contribution in [0.4, 0.5) is 5.82 Å². The summed E-state index contributed by atoms with van der Waals surface area (Å²) >= 11 is 0. The molecule has 5 nitrogen and oxygen atoms in total. The van der Waals surface area contributed by atoms with E-state index >= 15 is 0 Å². The summed E-state index contributed by atoms with van der Waals surface area (Å²) in [6.07, 6.45) is 1.39. The van der Waals surface area contributed by atoms with Gasteiger partial charge in [0, 0.05) is 6.07 Å². The summed E-state index contributed by atoms with van der Waals surface area (Å²) in [6, 6.07) is 1.46. The Balaban J connectivity index is 3.14. The normalized spacial score (nSPS) is 8.83. The smallest absolute Gasteiger partial charge is 0.242 e. The van der Waals surface area contributed by atoms with E-state index < -0.39 is 0 Å². The van der Waals surface area contributed by atoms with Crippen molar-refractivity contribution in [3.05, 3.63) is 11.9 Å². The van der Waals surface area contributed by atoms with Gasteiger partial charge in [-0.1, -0.05) is 0 Å². The zero-order valence-corrected chi connectivity index (χ0v) is 6.74. The number of isocyanates is 1. The Morgan fingerprint density at radius 3 is 2.92 bits per heavy atom. The SMILES string of the molecule is COc1cc(N=C=O)nc(C)n1. The summed E-state index contributed by atoms with van der Waals surface area (Å²) in [6.45, 7) is 1.69. The number of hydrogen-bond acceptors (Lipinski definition) is 5. The molecular weight excluding hydrogens is 158 g/mol. The molecule has 0 spiro atoms. The lowest BCUT2D eigenvalue weighted by Crippen LogP contribution is -1.92. The van der Waals surface area contributed by atoms with Gasteiger partial charge in [0.05, 0.1) is 7.11 Å². The quantitative estimate of drug-likeness (QED) is 0.479. The van der Waals surface area contributed by atoms with E-state index in [1.807, 2.05) is 0 Å². The van der Waals surface area contributed by atoms with Gasteiger partial charge < -0.3 is 4.74 Å². The molecule has 0 N–H and O–H groups in total. The Morgan fingerprint density at radius 1 is 1.58 bits per heavy atom. The average Bonchev–Trinajstić information content (AvgIpc) is 2.04. The molecule has 12 heavy (non-hydrogen) atoms. The molecular formula is C7H7N3O2. The van der Waals surface area contributed by atoms with Gasteiger partial charge in [0.2, 0.25) is 12.0 Å². The van der Waals surface area contributed by atoms with E-state index in [0.29, 0.717) is 11.7 Å². The van der Waals surface area contributed by atoms with E-state index in [9.17, 15) is 4.79 Å². The lowest BCUT2D eigenvalue weighted by molar-refractivity contribution is 0.396. The van der Waals surface area contributed by atoms with Crippen molar-refractivity contribution in [3.63, 3.8) is 0 Å². The summed E-state index contributed by atoms with van der Waals surface area (Å²) in [5.41, 5.74) is 0. The topological polar surface area (TPSA) is 64.4 Å². The van der Waals surface area contributed by atoms with E-state index in [-0.39, 0.29) is 5.82 Å². The minimum absolute atomic E-state index is 0.259. The fraction of sp³-hybridized carbons (Fsp3) is 0.286. The molecule has 0 bridgehead atoms. The number of carbonyl (C=O) groups excluding carboxylic acids is 1. The summed E-state index contributed by atoms with van der Waals surface area (Å²) in [5.74, 6) is 1.15. The van der Waals surface area contributed by atoms with Crippen LogP contribution >= 0.6 is 0 Å². The molecule has 1 aromatic heterocycles. The van der Waals surface area contributed by atoms with Crippen LogP contribution in [0, 0.1) is 6.92 Å². The van der Waals surface area contributed by atoms with Gasteiger partial charge in [-0.15, -0.1) is 4.99 Å². The largest absolute Gasteiger partial charge is 0.481 e. The number of ether oxygens (including phenoxy) is 1. The van der Waals surface area contributed by atoms with Crippen LogP contribution in [0.1, 0.15) is 5.82 Å². The van der Waals surface area contributed by atoms with E-state index in [0.717, 1.165) is 0 Å². The van der Waals surface area contributed by atoms with E-state index in [1.54, 1.807) is 6.92 Å². The van der Waals surface area contributed by atoms with Crippen molar-refractivity contribution in [2.75, 3.05) is 7.11 Å². The van der Waals surface area contributed by atoms with Crippen molar-refractivity contribution in [1.82, 2.24) is 9.97 Å². The van der Waals surface area contributed by atoms with E-state index in [1.165, 1.54) is 19.3 Å². The first-order valence-corrected chi connectivity index (χ1v) is 3.24. The molecule has 0 aromatic carbocycles. The second-order valence-corrected chi connectivity index (χ2v) is 2.02. The zero-order chi connectivity index (χ0) is 8.97. The third kappa shape index (κ3) is 1.87. The number of aryl methyl sites for hydroxylation is 1. The fourth-order valence-electron chi connectivity index (χ4n) is 0.734. The maximum absolute atomic E-state index is 9.89. The summed E-state index contributed by atoms with van der Waals surface area (Å²) in [4.78, 5) is 21.0. The Bertz CT molecular complexity index is 331. The molecule has 62 valence electrons. The van der Waals surface area contributed by atoms with Crippen molar-refractivity contribution in [2.45, 2.75) is 6.92 Å². The predicted octanol–water partition coefficient (Wildman–Crippen LogP) is 0.761. The molecule has 0 amide bonds. The number of nitrogens with zero attached hydrogens (tertiary/aromatic N) is 3. The fourth-order valence-corrected chi connectivity index (χ4v) is 0.734. The Kier molecular flexibility index (Phi) is 2.50. The number of aromatic nitrogens is 2. The van der Waals surface area contributed by atoms with Gasteiger partial charge in [0.25, 0.3) is 0 Å². The van der Waals surface area contributed by atoms with E-state index in [2.05, 4.69) is 15.0 Å². The van der Waals surface area contributed by atoms with Crippen LogP contribution in [0.5, 0.6) is 5.88 Å². The molecule has 1 rings (SSSR count). The average molecular weight is 165 g/mol. The Labute approximate surface area is 69.1 Å². The van der Waals surface area contributed by atoms with E-state index in [4.69, 9.17) is 4.74 Å². The van der Waals surface area contributed by atoms with Gasteiger partial charge in [0.1, 0.15) is 5.82 Å². The highest BCUT2D eigenvalue weighted by atomic mass is 16.5. The first-order valence-electron chi connectivity index (χ1n) is 3.24. The van der Waals surface area contributed by atoms with Crippen molar-refractivity contribution >= 4 is 11.9 Å². The van der Waals surface area contributed by atoms with Crippen LogP contribution in [0.15, 0.2) is 11.1 Å². The monoisotopic (exact) mass is 165 g/mol. The van der Waals surface area contributed by atoms with Gasteiger partial charge in [-0.3, -0.25) is 0 Å². The summed E-state index contributed by atoms with van der Waals surface area (Å²) in [7, 11) is 1.48. The summed E-state index contributed by atoms with van der Waals surface area (Å²) in [5, 5.41) is 0. The Hall–Kier alpha value is -1.74.